The van der Waals surface area contributed by atoms with Crippen molar-refractivity contribution >= 4 is 12.4 Å². The fraction of sp³-hybridized carbons (Fsp3) is 0.333. The lowest BCUT2D eigenvalue weighted by Gasteiger charge is -2.21. The van der Waals surface area contributed by atoms with Gasteiger partial charge < -0.3 is 10.5 Å². The van der Waals surface area contributed by atoms with E-state index in [9.17, 15) is 17.6 Å². The summed E-state index contributed by atoms with van der Waals surface area (Å²) in [4.78, 5) is 0. The second-order valence-electron chi connectivity index (χ2n) is 3.63. The molecule has 0 spiro atoms. The maximum atomic E-state index is 12.8. The van der Waals surface area contributed by atoms with E-state index in [4.69, 9.17) is 5.73 Å². The Balaban J connectivity index is 0.00000324. The number of halogens is 5. The molecule has 0 saturated carbocycles. The smallest absolute Gasteiger partial charge is 0.428 e. The van der Waals surface area contributed by atoms with Gasteiger partial charge in [-0.05, 0) is 12.5 Å². The number of para-hydroxylation sites is 1. The van der Waals surface area contributed by atoms with Crippen LogP contribution in [0.3, 0.4) is 0 Å². The molecule has 0 aliphatic heterocycles. The summed E-state index contributed by atoms with van der Waals surface area (Å²) in [5.41, 5.74) is 5.95. The molecular weight excluding hydrogens is 286 g/mol. The van der Waals surface area contributed by atoms with Gasteiger partial charge in [-0.1, -0.05) is 24.3 Å². The van der Waals surface area contributed by atoms with Crippen LogP contribution in [0.4, 0.5) is 17.6 Å². The van der Waals surface area contributed by atoms with Crippen LogP contribution in [-0.4, -0.2) is 12.5 Å². The van der Waals surface area contributed by atoms with Gasteiger partial charge in [0.1, 0.15) is 5.75 Å². The Morgan fingerprint density at radius 3 is 2.42 bits per heavy atom. The lowest BCUT2D eigenvalue weighted by Crippen LogP contribution is -2.34. The molecule has 2 N–H and O–H groups in total. The number of benzene rings is 1. The highest BCUT2D eigenvalue weighted by Crippen LogP contribution is 2.32. The molecule has 108 valence electrons. The van der Waals surface area contributed by atoms with Gasteiger partial charge in [0.05, 0.1) is 0 Å². The molecule has 0 aromatic heterocycles. The summed E-state index contributed by atoms with van der Waals surface area (Å²) >= 11 is 0. The van der Waals surface area contributed by atoms with Crippen molar-refractivity contribution in [2.24, 2.45) is 5.73 Å². The first kappa shape index (κ1) is 17.7. The summed E-state index contributed by atoms with van der Waals surface area (Å²) in [6.45, 7) is 3.47. The van der Waals surface area contributed by atoms with E-state index in [0.717, 1.165) is 0 Å². The SMILES string of the molecule is C=CC[C@@H](N)c1ccccc1OC(F)(F)C(F)F.Cl. The third-order valence-electron chi connectivity index (χ3n) is 2.24. The molecule has 0 bridgehead atoms. The van der Waals surface area contributed by atoms with Crippen LogP contribution >= 0.6 is 12.4 Å². The summed E-state index contributed by atoms with van der Waals surface area (Å²) in [5, 5.41) is 0. The fourth-order valence-electron chi connectivity index (χ4n) is 1.38. The van der Waals surface area contributed by atoms with Crippen molar-refractivity contribution in [3.8, 4) is 5.75 Å². The molecule has 0 unspecified atom stereocenters. The number of nitrogens with two attached hydrogens (primary N) is 1. The van der Waals surface area contributed by atoms with Gasteiger partial charge in [0.25, 0.3) is 0 Å². The Kier molecular flexibility index (Phi) is 6.86. The first-order valence-corrected chi connectivity index (χ1v) is 5.19. The average molecular weight is 300 g/mol. The average Bonchev–Trinajstić information content (AvgIpc) is 2.29. The minimum atomic E-state index is -4.54. The van der Waals surface area contributed by atoms with Crippen molar-refractivity contribution in [3.63, 3.8) is 0 Å². The Labute approximate surface area is 114 Å². The van der Waals surface area contributed by atoms with Gasteiger partial charge in [-0.15, -0.1) is 19.0 Å². The summed E-state index contributed by atoms with van der Waals surface area (Å²) in [6.07, 6.45) is -6.61. The molecule has 0 aliphatic carbocycles. The van der Waals surface area contributed by atoms with Gasteiger partial charge in [0.15, 0.2) is 0 Å². The van der Waals surface area contributed by atoms with E-state index in [-0.39, 0.29) is 23.7 Å². The standard InChI is InChI=1S/C12H13F4NO.ClH/c1-2-5-9(17)8-6-3-4-7-10(8)18-12(15,16)11(13)14;/h2-4,6-7,9,11H,1,5,17H2;1H/t9-;/m1./s1. The highest BCUT2D eigenvalue weighted by atomic mass is 35.5. The van der Waals surface area contributed by atoms with Gasteiger partial charge in [-0.2, -0.15) is 17.6 Å². The second-order valence-corrected chi connectivity index (χ2v) is 3.63. The summed E-state index contributed by atoms with van der Waals surface area (Å²) in [6, 6.07) is 4.96. The Bertz CT molecular complexity index is 414. The summed E-state index contributed by atoms with van der Waals surface area (Å²) in [5.74, 6) is -0.350. The molecule has 19 heavy (non-hydrogen) atoms. The topological polar surface area (TPSA) is 35.2 Å². The Hall–Kier alpha value is -1.27. The number of rotatable bonds is 6. The molecule has 1 atom stereocenters. The minimum absolute atomic E-state index is 0. The van der Waals surface area contributed by atoms with Crippen LogP contribution in [0.2, 0.25) is 0 Å². The lowest BCUT2D eigenvalue weighted by molar-refractivity contribution is -0.253. The number of hydrogen-bond donors (Lipinski definition) is 1. The molecule has 0 heterocycles. The van der Waals surface area contributed by atoms with Crippen molar-refractivity contribution in [3.05, 3.63) is 42.5 Å². The monoisotopic (exact) mass is 299 g/mol. The van der Waals surface area contributed by atoms with E-state index < -0.39 is 18.6 Å². The summed E-state index contributed by atoms with van der Waals surface area (Å²) in [7, 11) is 0. The van der Waals surface area contributed by atoms with E-state index in [2.05, 4.69) is 11.3 Å². The van der Waals surface area contributed by atoms with Crippen LogP contribution in [-0.2, 0) is 0 Å². The quantitative estimate of drug-likeness (QED) is 0.638. The molecule has 7 heteroatoms. The zero-order chi connectivity index (χ0) is 13.8. The third kappa shape index (κ3) is 4.72. The molecule has 2 nitrogen and oxygen atoms in total. The third-order valence-corrected chi connectivity index (χ3v) is 2.24. The van der Waals surface area contributed by atoms with E-state index >= 15 is 0 Å². The van der Waals surface area contributed by atoms with Crippen molar-refractivity contribution in [1.82, 2.24) is 0 Å². The van der Waals surface area contributed by atoms with Crippen LogP contribution in [0, 0.1) is 0 Å². The molecule has 0 aliphatic rings. The summed E-state index contributed by atoms with van der Waals surface area (Å²) < 4.78 is 53.8. The van der Waals surface area contributed by atoms with Crippen molar-refractivity contribution < 1.29 is 22.3 Å². The molecule has 0 radical (unpaired) electrons. The maximum absolute atomic E-state index is 12.8. The van der Waals surface area contributed by atoms with Crippen LogP contribution in [0.25, 0.3) is 0 Å². The lowest BCUT2D eigenvalue weighted by atomic mass is 10.0. The predicted molar refractivity (Wildman–Crippen MR) is 67.0 cm³/mol. The van der Waals surface area contributed by atoms with Gasteiger partial charge in [0.2, 0.25) is 0 Å². The van der Waals surface area contributed by atoms with Crippen molar-refractivity contribution in [2.45, 2.75) is 25.0 Å². The minimum Gasteiger partial charge on any atom is -0.428 e. The zero-order valence-electron chi connectivity index (χ0n) is 9.86. The fourth-order valence-corrected chi connectivity index (χ4v) is 1.38. The Morgan fingerprint density at radius 2 is 1.89 bits per heavy atom. The second kappa shape index (κ2) is 7.35. The molecule has 1 rings (SSSR count). The van der Waals surface area contributed by atoms with Crippen LogP contribution in [0.5, 0.6) is 5.75 Å². The first-order valence-electron chi connectivity index (χ1n) is 5.19. The molecule has 1 aromatic carbocycles. The van der Waals surface area contributed by atoms with Gasteiger partial charge in [0, 0.05) is 11.6 Å². The largest absolute Gasteiger partial charge is 0.461 e. The van der Waals surface area contributed by atoms with Crippen LogP contribution < -0.4 is 10.5 Å². The molecule has 0 saturated heterocycles. The van der Waals surface area contributed by atoms with Gasteiger partial charge in [-0.25, -0.2) is 0 Å². The molecule has 0 amide bonds. The zero-order valence-corrected chi connectivity index (χ0v) is 10.7. The van der Waals surface area contributed by atoms with E-state index in [1.54, 1.807) is 6.07 Å². The maximum Gasteiger partial charge on any atom is 0.461 e. The van der Waals surface area contributed by atoms with E-state index in [0.29, 0.717) is 6.42 Å². The predicted octanol–water partition coefficient (Wildman–Crippen LogP) is 3.92. The van der Waals surface area contributed by atoms with Crippen molar-refractivity contribution in [1.29, 1.82) is 0 Å². The van der Waals surface area contributed by atoms with Crippen LogP contribution in [0.15, 0.2) is 36.9 Å². The highest BCUT2D eigenvalue weighted by Gasteiger charge is 2.44. The van der Waals surface area contributed by atoms with E-state index in [1.165, 1.54) is 24.3 Å². The van der Waals surface area contributed by atoms with E-state index in [1.807, 2.05) is 0 Å². The number of alkyl halides is 4. The number of hydrogen-bond acceptors (Lipinski definition) is 2. The Morgan fingerprint density at radius 1 is 1.32 bits per heavy atom. The highest BCUT2D eigenvalue weighted by molar-refractivity contribution is 5.85. The first-order chi connectivity index (χ1) is 8.38. The number of ether oxygens (including phenoxy) is 1. The van der Waals surface area contributed by atoms with Crippen LogP contribution in [0.1, 0.15) is 18.0 Å². The molecule has 1 aromatic rings. The molecular formula is C12H14ClF4NO. The van der Waals surface area contributed by atoms with Gasteiger partial charge in [-0.3, -0.25) is 0 Å². The van der Waals surface area contributed by atoms with Gasteiger partial charge >= 0.3 is 12.5 Å². The normalized spacial score (nSPS) is 12.7. The molecule has 0 fully saturated rings. The van der Waals surface area contributed by atoms with Crippen molar-refractivity contribution in [2.75, 3.05) is 0 Å².